The number of hydrogen-bond donors (Lipinski definition) is 0. The van der Waals surface area contributed by atoms with Gasteiger partial charge in [-0.2, -0.15) is 0 Å². The van der Waals surface area contributed by atoms with E-state index in [1.807, 2.05) is 19.1 Å². The Kier molecular flexibility index (Phi) is 6.96. The first-order valence-electron chi connectivity index (χ1n) is 7.47. The van der Waals surface area contributed by atoms with Crippen LogP contribution in [0.5, 0.6) is 0 Å². The summed E-state index contributed by atoms with van der Waals surface area (Å²) in [7, 11) is -2.51. The predicted molar refractivity (Wildman–Crippen MR) is 100 cm³/mol. The zero-order valence-electron chi connectivity index (χ0n) is 13.3. The van der Waals surface area contributed by atoms with Crippen molar-refractivity contribution in [2.75, 3.05) is 6.61 Å². The molecule has 0 aliphatic rings. The molecule has 132 valence electrons. The zero-order chi connectivity index (χ0) is 18.3. The van der Waals surface area contributed by atoms with Gasteiger partial charge in [0, 0.05) is 17.3 Å². The molecule has 3 rings (SSSR count). The Hall–Kier alpha value is -1.93. The standard InChI is InChI=1S/C17H15OS2.BF4/c1-2-18-17-15(13-9-5-3-6-10-13)16(19-20-17)14-11-7-4-8-12-14;2-1(3,4)5/h3-12H,2H2,1H3;/q+1;-1. The Labute approximate surface area is 150 Å². The first-order chi connectivity index (χ1) is 11.9. The van der Waals surface area contributed by atoms with Crippen LogP contribution in [0.3, 0.4) is 0 Å². The van der Waals surface area contributed by atoms with Gasteiger partial charge in [0.05, 0.1) is 4.88 Å². The van der Waals surface area contributed by atoms with Gasteiger partial charge in [0.15, 0.2) is 0 Å². The highest BCUT2D eigenvalue weighted by Crippen LogP contribution is 2.35. The molecule has 0 unspecified atom stereocenters. The van der Waals surface area contributed by atoms with E-state index >= 15 is 0 Å². The molecule has 1 nitrogen and oxygen atoms in total. The second-order valence-corrected chi connectivity index (χ2v) is 6.93. The van der Waals surface area contributed by atoms with Crippen LogP contribution in [0, 0.1) is 0 Å². The van der Waals surface area contributed by atoms with E-state index in [2.05, 4.69) is 48.5 Å². The Bertz CT molecular complexity index is 836. The van der Waals surface area contributed by atoms with Crippen LogP contribution in [0.15, 0.2) is 65.1 Å². The van der Waals surface area contributed by atoms with Crippen LogP contribution in [0.2, 0.25) is 0 Å². The molecule has 1 aromatic heterocycles. The molecule has 0 spiro atoms. The molecule has 1 heterocycles. The maximum Gasteiger partial charge on any atom is 0.673 e. The van der Waals surface area contributed by atoms with E-state index in [4.69, 9.17) is 4.42 Å². The smallest absolute Gasteiger partial charge is 0.418 e. The summed E-state index contributed by atoms with van der Waals surface area (Å²) in [5.41, 5.74) is 3.68. The van der Waals surface area contributed by atoms with Crippen molar-refractivity contribution in [1.29, 1.82) is 0 Å². The number of benzene rings is 2. The average Bonchev–Trinajstić information content (AvgIpc) is 2.99. The van der Waals surface area contributed by atoms with Crippen LogP contribution in [-0.2, 0) is 0 Å². The minimum Gasteiger partial charge on any atom is -0.418 e. The van der Waals surface area contributed by atoms with Crippen molar-refractivity contribution in [2.45, 2.75) is 6.92 Å². The second-order valence-electron chi connectivity index (χ2n) is 4.82. The summed E-state index contributed by atoms with van der Waals surface area (Å²) in [6.07, 6.45) is 0. The molecule has 0 amide bonds. The minimum absolute atomic E-state index is 0.696. The van der Waals surface area contributed by atoms with Crippen molar-refractivity contribution in [3.8, 4) is 21.6 Å². The van der Waals surface area contributed by atoms with Crippen LogP contribution in [0.1, 0.15) is 6.92 Å². The number of rotatable bonds is 3. The molecule has 0 saturated heterocycles. The Balaban J connectivity index is 0.000000399. The van der Waals surface area contributed by atoms with Gasteiger partial charge in [-0.25, -0.2) is 4.42 Å². The lowest BCUT2D eigenvalue weighted by Gasteiger charge is -2.00. The highest BCUT2D eigenvalue weighted by Gasteiger charge is 2.21. The van der Waals surface area contributed by atoms with Gasteiger partial charge in [-0.05, 0) is 11.1 Å². The molecule has 0 atom stereocenters. The van der Waals surface area contributed by atoms with Gasteiger partial charge in [-0.3, -0.25) is 0 Å². The second kappa shape index (κ2) is 8.96. The molecule has 8 heteroatoms. The average molecular weight is 386 g/mol. The third kappa shape index (κ3) is 6.14. The number of hydrogen-bond acceptors (Lipinski definition) is 2. The summed E-state index contributed by atoms with van der Waals surface area (Å²) >= 11 is 0. The molecule has 0 fully saturated rings. The van der Waals surface area contributed by atoms with Gasteiger partial charge < -0.3 is 17.3 Å². The van der Waals surface area contributed by atoms with Crippen LogP contribution >= 0.6 is 20.7 Å². The Morgan fingerprint density at radius 3 is 1.76 bits per heavy atom. The van der Waals surface area contributed by atoms with Crippen molar-refractivity contribution in [1.82, 2.24) is 0 Å². The van der Waals surface area contributed by atoms with E-state index in [0.717, 1.165) is 4.74 Å². The van der Waals surface area contributed by atoms with E-state index in [1.54, 1.807) is 20.7 Å². The predicted octanol–water partition coefficient (Wildman–Crippen LogP) is 6.36. The van der Waals surface area contributed by atoms with Crippen LogP contribution in [0.4, 0.5) is 17.3 Å². The topological polar surface area (TPSA) is 11.3 Å². The Morgan fingerprint density at radius 2 is 1.28 bits per heavy atom. The van der Waals surface area contributed by atoms with E-state index in [-0.39, 0.29) is 0 Å². The summed E-state index contributed by atoms with van der Waals surface area (Å²) in [6.45, 7) is 2.72. The van der Waals surface area contributed by atoms with Crippen molar-refractivity contribution in [3.63, 3.8) is 0 Å². The molecule has 0 radical (unpaired) electrons. The SMILES string of the molecule is CC[O+]=c1ssc(-c2ccccc2)c1-c1ccccc1.F[B-](F)(F)F. The lowest BCUT2D eigenvalue weighted by atomic mass is 10.0. The summed E-state index contributed by atoms with van der Waals surface area (Å²) in [5.74, 6) is 0. The highest BCUT2D eigenvalue weighted by molar-refractivity contribution is 7.70. The third-order valence-electron chi connectivity index (χ3n) is 3.01. The summed E-state index contributed by atoms with van der Waals surface area (Å²) in [6, 6.07) is 21.0. The first-order valence-corrected chi connectivity index (χ1v) is 9.62. The zero-order valence-corrected chi connectivity index (χ0v) is 14.9. The van der Waals surface area contributed by atoms with Gasteiger partial charge in [-0.15, -0.1) is 0 Å². The van der Waals surface area contributed by atoms with E-state index in [9.17, 15) is 17.3 Å². The molecule has 0 saturated carbocycles. The summed E-state index contributed by atoms with van der Waals surface area (Å²) in [4.78, 5) is 1.28. The summed E-state index contributed by atoms with van der Waals surface area (Å²) < 4.78 is 45.8. The largest absolute Gasteiger partial charge is 0.673 e. The fourth-order valence-corrected chi connectivity index (χ4v) is 4.75. The lowest BCUT2D eigenvalue weighted by molar-refractivity contribution is 0.368. The molecule has 3 aromatic rings. The maximum absolute atomic E-state index is 9.75. The fraction of sp³-hybridized carbons (Fsp3) is 0.118. The minimum atomic E-state index is -6.00. The number of halogens is 4. The van der Waals surface area contributed by atoms with Gasteiger partial charge in [0.1, 0.15) is 5.56 Å². The van der Waals surface area contributed by atoms with Crippen molar-refractivity contribution in [2.24, 2.45) is 0 Å². The molecule has 0 bridgehead atoms. The quantitative estimate of drug-likeness (QED) is 0.215. The van der Waals surface area contributed by atoms with Gasteiger partial charge >= 0.3 is 12.0 Å². The molecule has 25 heavy (non-hydrogen) atoms. The molecule has 2 aromatic carbocycles. The van der Waals surface area contributed by atoms with Gasteiger partial charge in [-0.1, -0.05) is 71.0 Å². The normalized spacial score (nSPS) is 11.8. The molecule has 0 aliphatic heterocycles. The summed E-state index contributed by atoms with van der Waals surface area (Å²) in [5, 5.41) is 0. The Morgan fingerprint density at radius 1 is 0.800 bits per heavy atom. The first kappa shape index (κ1) is 19.4. The molecule has 0 N–H and O–H groups in total. The van der Waals surface area contributed by atoms with Crippen LogP contribution in [0.25, 0.3) is 21.6 Å². The van der Waals surface area contributed by atoms with Crippen molar-refractivity contribution in [3.05, 3.63) is 69.8 Å². The molecular formula is C17H15BF4OS2. The molecular weight excluding hydrogens is 371 g/mol. The van der Waals surface area contributed by atoms with Crippen LogP contribution < -0.4 is 4.74 Å². The lowest BCUT2D eigenvalue weighted by Crippen LogP contribution is -2.02. The van der Waals surface area contributed by atoms with Crippen molar-refractivity contribution >= 4 is 27.9 Å². The van der Waals surface area contributed by atoms with Crippen LogP contribution in [-0.4, -0.2) is 13.9 Å². The fourth-order valence-electron chi connectivity index (χ4n) is 2.12. The maximum atomic E-state index is 9.75. The van der Waals surface area contributed by atoms with Gasteiger partial charge in [0.25, 0.3) is 6.61 Å². The van der Waals surface area contributed by atoms with Crippen molar-refractivity contribution < 1.29 is 17.3 Å². The van der Waals surface area contributed by atoms with E-state index in [1.165, 1.54) is 21.6 Å². The monoisotopic (exact) mass is 386 g/mol. The van der Waals surface area contributed by atoms with E-state index < -0.39 is 7.25 Å². The third-order valence-corrected chi connectivity index (χ3v) is 5.37. The molecule has 0 aliphatic carbocycles. The highest BCUT2D eigenvalue weighted by atomic mass is 32.9. The van der Waals surface area contributed by atoms with Gasteiger partial charge in [0.2, 0.25) is 0 Å². The van der Waals surface area contributed by atoms with E-state index in [0.29, 0.717) is 6.61 Å².